The molecule has 1 N–H and O–H groups in total. The van der Waals surface area contributed by atoms with Gasteiger partial charge in [-0.05, 0) is 38.8 Å². The average Bonchev–Trinajstić information content (AvgIpc) is 3.06. The topological polar surface area (TPSA) is 58.4 Å². The number of carbonyl (C=O) groups excluding carboxylic acids is 1. The van der Waals surface area contributed by atoms with Crippen molar-refractivity contribution in [2.45, 2.75) is 38.3 Å². The van der Waals surface area contributed by atoms with Crippen LogP contribution in [-0.2, 0) is 0 Å². The smallest absolute Gasteiger partial charge is 0.260 e. The lowest BCUT2D eigenvalue weighted by atomic mass is 10.0. The molecule has 2 fully saturated rings. The Balaban J connectivity index is 0.00000182. The zero-order valence-corrected chi connectivity index (χ0v) is 15.6. The summed E-state index contributed by atoms with van der Waals surface area (Å²) < 4.78 is 5.37. The number of aryl methyl sites for hydroxylation is 1. The maximum Gasteiger partial charge on any atom is 0.260 e. The minimum Gasteiger partial charge on any atom is -0.360 e. The van der Waals surface area contributed by atoms with Crippen molar-refractivity contribution in [1.82, 2.24) is 15.4 Å². The summed E-state index contributed by atoms with van der Waals surface area (Å²) in [6, 6.07) is 7.97. The molecule has 1 aromatic carbocycles. The van der Waals surface area contributed by atoms with Gasteiger partial charge < -0.3 is 14.7 Å². The third-order valence-electron chi connectivity index (χ3n) is 5.09. The van der Waals surface area contributed by atoms with E-state index in [1.807, 2.05) is 23.1 Å². The molecule has 2 bridgehead atoms. The second-order valence-corrected chi connectivity index (χ2v) is 6.94. The van der Waals surface area contributed by atoms with E-state index in [9.17, 15) is 4.79 Å². The molecule has 2 saturated heterocycles. The highest BCUT2D eigenvalue weighted by Gasteiger charge is 2.40. The van der Waals surface area contributed by atoms with Gasteiger partial charge in [0.1, 0.15) is 17.0 Å². The maximum atomic E-state index is 13.4. The largest absolute Gasteiger partial charge is 0.360 e. The van der Waals surface area contributed by atoms with Gasteiger partial charge >= 0.3 is 0 Å². The Bertz CT molecular complexity index is 763. The van der Waals surface area contributed by atoms with E-state index >= 15 is 0 Å². The van der Waals surface area contributed by atoms with Gasteiger partial charge in [0, 0.05) is 24.2 Å². The second kappa shape index (κ2) is 7.36. The van der Waals surface area contributed by atoms with E-state index in [0.717, 1.165) is 37.9 Å². The minimum atomic E-state index is 0. The van der Waals surface area contributed by atoms with Crippen LogP contribution in [0.15, 0.2) is 28.8 Å². The lowest BCUT2D eigenvalue weighted by Crippen LogP contribution is -2.42. The molecule has 5 nitrogen and oxygen atoms in total. The third-order valence-corrected chi connectivity index (χ3v) is 5.42. The molecule has 0 aliphatic carbocycles. The monoisotopic (exact) mass is 381 g/mol. The van der Waals surface area contributed by atoms with Gasteiger partial charge in [0.05, 0.1) is 5.02 Å². The zero-order valence-electron chi connectivity index (χ0n) is 14.0. The van der Waals surface area contributed by atoms with Gasteiger partial charge in [0.15, 0.2) is 0 Å². The fourth-order valence-corrected chi connectivity index (χ4v) is 4.13. The van der Waals surface area contributed by atoms with Gasteiger partial charge in [0.2, 0.25) is 0 Å². The zero-order chi connectivity index (χ0) is 16.7. The molecular weight excluding hydrogens is 361 g/mol. The number of fused-ring (bicyclic) bond motifs is 2. The summed E-state index contributed by atoms with van der Waals surface area (Å²) in [5.74, 6) is 0.561. The molecule has 0 saturated carbocycles. The highest BCUT2D eigenvalue weighted by atomic mass is 35.5. The van der Waals surface area contributed by atoms with E-state index in [2.05, 4.69) is 10.5 Å². The molecule has 2 aliphatic rings. The second-order valence-electron chi connectivity index (χ2n) is 6.53. The van der Waals surface area contributed by atoms with Crippen LogP contribution < -0.4 is 5.32 Å². The van der Waals surface area contributed by atoms with Gasteiger partial charge in [-0.25, -0.2) is 0 Å². The normalized spacial score (nSPS) is 22.4. The number of benzene rings is 1. The highest BCUT2D eigenvalue weighted by molar-refractivity contribution is 6.33. The summed E-state index contributed by atoms with van der Waals surface area (Å²) in [6.45, 7) is 3.61. The van der Waals surface area contributed by atoms with Crippen LogP contribution in [0, 0.1) is 6.92 Å². The predicted molar refractivity (Wildman–Crippen MR) is 99.4 cm³/mol. The van der Waals surface area contributed by atoms with Crippen molar-refractivity contribution in [3.05, 3.63) is 40.6 Å². The Morgan fingerprint density at radius 1 is 1.28 bits per heavy atom. The predicted octanol–water partition coefficient (Wildman–Crippen LogP) is 3.69. The molecule has 2 aromatic rings. The van der Waals surface area contributed by atoms with Gasteiger partial charge in [0.25, 0.3) is 5.91 Å². The van der Waals surface area contributed by atoms with Crippen LogP contribution >= 0.6 is 24.0 Å². The minimum absolute atomic E-state index is 0. The molecule has 2 aliphatic heterocycles. The van der Waals surface area contributed by atoms with Crippen LogP contribution in [-0.4, -0.2) is 41.1 Å². The van der Waals surface area contributed by atoms with E-state index in [1.54, 1.807) is 13.0 Å². The van der Waals surface area contributed by atoms with Crippen LogP contribution in [0.5, 0.6) is 0 Å². The standard InChI is InChI=1S/C18H20ClN3O2.ClH/c1-11-16(17(21-24-11)14-4-2-3-5-15(14)19)18(23)22-12-6-7-13(22)10-20-9-8-12;/h2-5,12-13,20H,6-10H2,1H3;1H. The van der Waals surface area contributed by atoms with Crippen molar-refractivity contribution in [2.75, 3.05) is 13.1 Å². The Hall–Kier alpha value is -1.56. The molecule has 0 radical (unpaired) electrons. The van der Waals surface area contributed by atoms with Crippen molar-refractivity contribution >= 4 is 29.9 Å². The summed E-state index contributed by atoms with van der Waals surface area (Å²) in [7, 11) is 0. The van der Waals surface area contributed by atoms with Crippen LogP contribution in [0.4, 0.5) is 0 Å². The number of amides is 1. The number of rotatable bonds is 2. The number of aromatic nitrogens is 1. The molecule has 4 rings (SSSR count). The van der Waals surface area contributed by atoms with E-state index < -0.39 is 0 Å². The van der Waals surface area contributed by atoms with Crippen LogP contribution in [0.25, 0.3) is 11.3 Å². The molecule has 0 spiro atoms. The van der Waals surface area contributed by atoms with Crippen molar-refractivity contribution in [2.24, 2.45) is 0 Å². The molecule has 25 heavy (non-hydrogen) atoms. The van der Waals surface area contributed by atoms with E-state index in [1.165, 1.54) is 0 Å². The first-order chi connectivity index (χ1) is 11.7. The van der Waals surface area contributed by atoms with E-state index in [-0.39, 0.29) is 24.4 Å². The number of hydrogen-bond donors (Lipinski definition) is 1. The summed E-state index contributed by atoms with van der Waals surface area (Å²) in [4.78, 5) is 15.4. The Kier molecular flexibility index (Phi) is 5.37. The van der Waals surface area contributed by atoms with Crippen LogP contribution in [0.1, 0.15) is 35.4 Å². The lowest BCUT2D eigenvalue weighted by Gasteiger charge is -2.28. The third kappa shape index (κ3) is 3.16. The first-order valence-electron chi connectivity index (χ1n) is 8.41. The molecule has 2 unspecified atom stereocenters. The number of halogens is 2. The highest BCUT2D eigenvalue weighted by Crippen LogP contribution is 2.35. The Labute approximate surface area is 158 Å². The van der Waals surface area contributed by atoms with Gasteiger partial charge in [-0.2, -0.15) is 0 Å². The summed E-state index contributed by atoms with van der Waals surface area (Å²) in [5, 5.41) is 8.13. The average molecular weight is 382 g/mol. The molecule has 134 valence electrons. The van der Waals surface area contributed by atoms with Crippen molar-refractivity contribution in [1.29, 1.82) is 0 Å². The summed E-state index contributed by atoms with van der Waals surface area (Å²) >= 11 is 6.31. The SMILES string of the molecule is Cc1onc(-c2ccccc2Cl)c1C(=O)N1C2CCNCC1CC2.Cl. The number of carbonyl (C=O) groups is 1. The Morgan fingerprint density at radius 2 is 2.04 bits per heavy atom. The fourth-order valence-electron chi connectivity index (χ4n) is 3.90. The van der Waals surface area contributed by atoms with Gasteiger partial charge in [-0.1, -0.05) is 35.0 Å². The molecule has 1 amide bonds. The lowest BCUT2D eigenvalue weighted by molar-refractivity contribution is 0.0679. The summed E-state index contributed by atoms with van der Waals surface area (Å²) in [5.41, 5.74) is 1.82. The quantitative estimate of drug-likeness (QED) is 0.861. The first kappa shape index (κ1) is 18.2. The molecule has 2 atom stereocenters. The molecular formula is C18H21Cl2N3O2. The van der Waals surface area contributed by atoms with E-state index in [4.69, 9.17) is 16.1 Å². The van der Waals surface area contributed by atoms with E-state index in [0.29, 0.717) is 28.1 Å². The van der Waals surface area contributed by atoms with Gasteiger partial charge in [-0.3, -0.25) is 4.79 Å². The number of hydrogen-bond acceptors (Lipinski definition) is 4. The van der Waals surface area contributed by atoms with Crippen LogP contribution in [0.2, 0.25) is 5.02 Å². The number of nitrogens with one attached hydrogen (secondary N) is 1. The van der Waals surface area contributed by atoms with Crippen molar-refractivity contribution in [3.63, 3.8) is 0 Å². The van der Waals surface area contributed by atoms with Crippen LogP contribution in [0.3, 0.4) is 0 Å². The summed E-state index contributed by atoms with van der Waals surface area (Å²) in [6.07, 6.45) is 3.12. The fraction of sp³-hybridized carbons (Fsp3) is 0.444. The van der Waals surface area contributed by atoms with Crippen molar-refractivity contribution in [3.8, 4) is 11.3 Å². The maximum absolute atomic E-state index is 13.4. The number of nitrogens with zero attached hydrogens (tertiary/aromatic N) is 2. The van der Waals surface area contributed by atoms with Gasteiger partial charge in [-0.15, -0.1) is 12.4 Å². The molecule has 1 aromatic heterocycles. The first-order valence-corrected chi connectivity index (χ1v) is 8.79. The Morgan fingerprint density at radius 3 is 2.84 bits per heavy atom. The van der Waals surface area contributed by atoms with Crippen molar-refractivity contribution < 1.29 is 9.32 Å². The molecule has 7 heteroatoms. The molecule has 3 heterocycles.